The minimum atomic E-state index is -1.31. The summed E-state index contributed by atoms with van der Waals surface area (Å²) in [5.41, 5.74) is 6.57. The maximum Gasteiger partial charge on any atom is 0.415 e. The third kappa shape index (κ3) is 5.48. The van der Waals surface area contributed by atoms with Gasteiger partial charge < -0.3 is 35.4 Å². The van der Waals surface area contributed by atoms with Crippen LogP contribution in [0.15, 0.2) is 24.5 Å². The number of benzene rings is 1. The third-order valence-corrected chi connectivity index (χ3v) is 6.80. The molecule has 0 spiro atoms. The van der Waals surface area contributed by atoms with E-state index in [2.05, 4.69) is 26.8 Å². The molecule has 1 aromatic carbocycles. The van der Waals surface area contributed by atoms with Crippen LogP contribution in [-0.2, 0) is 4.74 Å². The number of nitrogen functional groups attached to an aromatic ring is 1. The number of piperidine rings is 1. The molecular formula is C25H26F2N6O6. The number of likely N-dealkylation sites (tertiary alicyclic amines) is 1. The van der Waals surface area contributed by atoms with Crippen molar-refractivity contribution < 1.29 is 38.4 Å². The number of rotatable bonds is 4. The predicted octanol–water partition coefficient (Wildman–Crippen LogP) is 0.951. The highest BCUT2D eigenvalue weighted by Crippen LogP contribution is 2.32. The number of halogens is 2. The maximum atomic E-state index is 13.3. The Hall–Kier alpha value is -3.90. The zero-order valence-electron chi connectivity index (χ0n) is 20.6. The van der Waals surface area contributed by atoms with Gasteiger partial charge in [-0.05, 0) is 36.8 Å². The number of nitrogens with zero attached hydrogens (tertiary/aromatic N) is 5. The van der Waals surface area contributed by atoms with E-state index in [9.17, 15) is 28.9 Å². The van der Waals surface area contributed by atoms with E-state index < -0.39 is 48.9 Å². The highest BCUT2D eigenvalue weighted by Gasteiger charge is 2.44. The van der Waals surface area contributed by atoms with E-state index in [1.165, 1.54) is 21.9 Å². The summed E-state index contributed by atoms with van der Waals surface area (Å²) in [6, 6.07) is 2.91. The molecule has 0 saturated carbocycles. The molecule has 206 valence electrons. The first-order valence-corrected chi connectivity index (χ1v) is 12.3. The van der Waals surface area contributed by atoms with Crippen molar-refractivity contribution in [3.63, 3.8) is 0 Å². The van der Waals surface area contributed by atoms with Gasteiger partial charge in [0.25, 0.3) is 0 Å². The normalized spacial score (nSPS) is 23.6. The summed E-state index contributed by atoms with van der Waals surface area (Å²) in [6.07, 6.45) is -2.01. The highest BCUT2D eigenvalue weighted by molar-refractivity contribution is 5.82. The number of carbonyl (C=O) groups excluding carboxylic acids is 1. The van der Waals surface area contributed by atoms with E-state index in [0.717, 1.165) is 12.1 Å². The summed E-state index contributed by atoms with van der Waals surface area (Å²) in [5.74, 6) is 4.19. The Morgan fingerprint density at radius 3 is 2.64 bits per heavy atom. The Bertz CT molecular complexity index is 1430. The fourth-order valence-corrected chi connectivity index (χ4v) is 4.59. The van der Waals surface area contributed by atoms with E-state index in [4.69, 9.17) is 15.2 Å². The van der Waals surface area contributed by atoms with Gasteiger partial charge in [-0.15, -0.1) is 0 Å². The lowest BCUT2D eigenvalue weighted by Crippen LogP contribution is -2.40. The highest BCUT2D eigenvalue weighted by atomic mass is 19.2. The van der Waals surface area contributed by atoms with Gasteiger partial charge >= 0.3 is 6.09 Å². The van der Waals surface area contributed by atoms with Crippen LogP contribution in [0, 0.1) is 29.4 Å². The molecule has 1 amide bonds. The number of amides is 1. The number of ether oxygens (including phenoxy) is 2. The number of anilines is 1. The van der Waals surface area contributed by atoms with Crippen molar-refractivity contribution in [2.75, 3.05) is 25.4 Å². The number of imidazole rings is 1. The van der Waals surface area contributed by atoms with Gasteiger partial charge in [-0.1, -0.05) is 5.92 Å². The van der Waals surface area contributed by atoms with Gasteiger partial charge in [0.15, 0.2) is 29.3 Å². The van der Waals surface area contributed by atoms with Crippen molar-refractivity contribution in [2.24, 2.45) is 5.92 Å². The topological polar surface area (TPSA) is 169 Å². The van der Waals surface area contributed by atoms with Crippen molar-refractivity contribution in [1.29, 1.82) is 0 Å². The number of carbonyl (C=O) groups is 1. The van der Waals surface area contributed by atoms with Crippen molar-refractivity contribution in [3.05, 3.63) is 42.0 Å². The molecule has 2 aliphatic heterocycles. The molecule has 5 rings (SSSR count). The maximum absolute atomic E-state index is 13.3. The summed E-state index contributed by atoms with van der Waals surface area (Å²) >= 11 is 0. The van der Waals surface area contributed by atoms with Gasteiger partial charge in [-0.25, -0.2) is 28.5 Å². The molecule has 2 aliphatic rings. The summed E-state index contributed by atoms with van der Waals surface area (Å²) in [7, 11) is 0. The van der Waals surface area contributed by atoms with Gasteiger partial charge in [0.2, 0.25) is 5.82 Å². The van der Waals surface area contributed by atoms with Crippen molar-refractivity contribution in [1.82, 2.24) is 24.4 Å². The first-order chi connectivity index (χ1) is 18.7. The standard InChI is InChI=1S/C25H26F2N6O6/c26-15-5-4-14(10-16(15)27)38-25(37)32-8-6-13(7-9-32)2-1-3-18-30-22(28)19-23(31-18)33(12-29-19)24-21(36)20(35)17(11-34)39-24/h4-5,10,12-13,17,20-21,24,34-36H,2,6-9,11H2,(H2,28,30,31)/t17?,20-,21-,24?/m0/s1. The number of aromatic nitrogens is 4. The van der Waals surface area contributed by atoms with Crippen LogP contribution in [0.2, 0.25) is 0 Å². The SMILES string of the molecule is Nc1nc(C#CCC2CCN(C(=O)Oc3ccc(F)c(F)c3)CC2)nc2c1ncn2C1OC(CO)[C@H](O)[C@@H]1O. The first-order valence-electron chi connectivity index (χ1n) is 12.3. The van der Waals surface area contributed by atoms with Crippen molar-refractivity contribution in [3.8, 4) is 17.6 Å². The minimum absolute atomic E-state index is 0.0668. The number of fused-ring (bicyclic) bond motifs is 1. The lowest BCUT2D eigenvalue weighted by molar-refractivity contribution is -0.0511. The Morgan fingerprint density at radius 1 is 1.18 bits per heavy atom. The monoisotopic (exact) mass is 544 g/mol. The third-order valence-electron chi connectivity index (χ3n) is 6.80. The molecule has 5 N–H and O–H groups in total. The summed E-state index contributed by atoms with van der Waals surface area (Å²) < 4.78 is 38.5. The molecule has 39 heavy (non-hydrogen) atoms. The summed E-state index contributed by atoms with van der Waals surface area (Å²) in [6.45, 7) is 0.380. The Balaban J connectivity index is 1.20. The average Bonchev–Trinajstić information content (AvgIpc) is 3.47. The first kappa shape index (κ1) is 26.7. The van der Waals surface area contributed by atoms with Gasteiger partial charge in [0, 0.05) is 25.6 Å². The van der Waals surface area contributed by atoms with Crippen LogP contribution in [0.5, 0.6) is 5.75 Å². The fourth-order valence-electron chi connectivity index (χ4n) is 4.59. The number of aliphatic hydroxyl groups excluding tert-OH is 3. The molecule has 0 aliphatic carbocycles. The summed E-state index contributed by atoms with van der Waals surface area (Å²) in [4.78, 5) is 26.6. The molecular weight excluding hydrogens is 518 g/mol. The largest absolute Gasteiger partial charge is 0.415 e. The number of nitrogens with two attached hydrogens (primary N) is 1. The minimum Gasteiger partial charge on any atom is -0.410 e. The second kappa shape index (κ2) is 11.1. The molecule has 12 nitrogen and oxygen atoms in total. The second-order valence-electron chi connectivity index (χ2n) is 9.37. The van der Waals surface area contributed by atoms with Gasteiger partial charge in [-0.2, -0.15) is 0 Å². The molecule has 2 unspecified atom stereocenters. The molecule has 2 aromatic heterocycles. The lowest BCUT2D eigenvalue weighted by atomic mass is 9.94. The van der Waals surface area contributed by atoms with Gasteiger partial charge in [-0.3, -0.25) is 4.57 Å². The van der Waals surface area contributed by atoms with E-state index in [1.54, 1.807) is 0 Å². The molecule has 4 heterocycles. The number of hydrogen-bond acceptors (Lipinski definition) is 10. The molecule has 2 saturated heterocycles. The quantitative estimate of drug-likeness (QED) is 0.347. The van der Waals surface area contributed by atoms with Crippen molar-refractivity contribution >= 4 is 23.1 Å². The average molecular weight is 545 g/mol. The van der Waals surface area contributed by atoms with E-state index >= 15 is 0 Å². The van der Waals surface area contributed by atoms with Crippen LogP contribution in [-0.4, -0.2) is 83.8 Å². The van der Waals surface area contributed by atoms with Crippen LogP contribution in [0.4, 0.5) is 19.4 Å². The molecule has 2 fully saturated rings. The van der Waals surface area contributed by atoms with Gasteiger partial charge in [0.05, 0.1) is 12.9 Å². The van der Waals surface area contributed by atoms with E-state index in [-0.39, 0.29) is 34.5 Å². The van der Waals surface area contributed by atoms with Crippen LogP contribution in [0.3, 0.4) is 0 Å². The van der Waals surface area contributed by atoms with Crippen LogP contribution >= 0.6 is 0 Å². The Labute approximate surface area is 221 Å². The fraction of sp³-hybridized carbons (Fsp3) is 0.440. The molecule has 0 radical (unpaired) electrons. The molecule has 3 aromatic rings. The van der Waals surface area contributed by atoms with Gasteiger partial charge in [0.1, 0.15) is 29.6 Å². The number of aliphatic hydroxyl groups is 3. The molecule has 14 heteroatoms. The van der Waals surface area contributed by atoms with E-state index in [1.807, 2.05) is 0 Å². The smallest absolute Gasteiger partial charge is 0.410 e. The lowest BCUT2D eigenvalue weighted by Gasteiger charge is -2.30. The zero-order chi connectivity index (χ0) is 27.7. The van der Waals surface area contributed by atoms with Crippen LogP contribution in [0.1, 0.15) is 31.3 Å². The molecule has 0 bridgehead atoms. The zero-order valence-corrected chi connectivity index (χ0v) is 20.6. The number of hydrogen-bond donors (Lipinski definition) is 4. The summed E-state index contributed by atoms with van der Waals surface area (Å²) in [5, 5.41) is 29.8. The predicted molar refractivity (Wildman–Crippen MR) is 131 cm³/mol. The molecule has 4 atom stereocenters. The van der Waals surface area contributed by atoms with Crippen molar-refractivity contribution in [2.45, 2.75) is 43.8 Å². The van der Waals surface area contributed by atoms with Crippen LogP contribution in [0.25, 0.3) is 11.2 Å². The Morgan fingerprint density at radius 2 is 1.95 bits per heavy atom. The van der Waals surface area contributed by atoms with E-state index in [0.29, 0.717) is 32.4 Å². The second-order valence-corrected chi connectivity index (χ2v) is 9.37. The Kier molecular flexibility index (Phi) is 7.58. The van der Waals surface area contributed by atoms with Crippen LogP contribution < -0.4 is 10.5 Å².